The highest BCUT2D eigenvalue weighted by Crippen LogP contribution is 2.14. The molecule has 2 N–H and O–H groups in total. The lowest BCUT2D eigenvalue weighted by Crippen LogP contribution is -2.38. The average Bonchev–Trinajstić information content (AvgIpc) is 3.16. The van der Waals surface area contributed by atoms with Crippen molar-refractivity contribution in [1.29, 1.82) is 0 Å². The summed E-state index contributed by atoms with van der Waals surface area (Å²) in [6.07, 6.45) is 1.80. The van der Waals surface area contributed by atoms with Crippen LogP contribution in [0.5, 0.6) is 5.75 Å². The lowest BCUT2D eigenvalue weighted by atomic mass is 10.2. The van der Waals surface area contributed by atoms with Gasteiger partial charge in [0.15, 0.2) is 5.96 Å². The molecule has 0 atom stereocenters. The summed E-state index contributed by atoms with van der Waals surface area (Å²) in [5.41, 5.74) is 2.22. The van der Waals surface area contributed by atoms with E-state index in [-0.39, 0.29) is 0 Å². The molecule has 0 unspecified atom stereocenters. The maximum Gasteiger partial charge on any atom is 0.191 e. The van der Waals surface area contributed by atoms with E-state index in [2.05, 4.69) is 39.7 Å². The van der Waals surface area contributed by atoms with Crippen molar-refractivity contribution < 1.29 is 9.47 Å². The fraction of sp³-hybridized carbons (Fsp3) is 0.524. The van der Waals surface area contributed by atoms with Gasteiger partial charge < -0.3 is 20.1 Å². The SMILES string of the molecule is CCNC(=NCc1cccc(OCCN2CCOCC2)c1)NCc1ccnn1C. The summed E-state index contributed by atoms with van der Waals surface area (Å²) in [6.45, 7) is 9.33. The highest BCUT2D eigenvalue weighted by Gasteiger charge is 2.09. The van der Waals surface area contributed by atoms with Crippen LogP contribution >= 0.6 is 0 Å². The van der Waals surface area contributed by atoms with Crippen LogP contribution in [0.2, 0.25) is 0 Å². The van der Waals surface area contributed by atoms with Gasteiger partial charge in [0.1, 0.15) is 12.4 Å². The number of hydrogen-bond donors (Lipinski definition) is 2. The molecule has 0 amide bonds. The van der Waals surface area contributed by atoms with Gasteiger partial charge in [-0.15, -0.1) is 0 Å². The number of nitrogens with one attached hydrogen (secondary N) is 2. The summed E-state index contributed by atoms with van der Waals surface area (Å²) in [7, 11) is 1.94. The van der Waals surface area contributed by atoms with Crippen molar-refractivity contribution in [3.63, 3.8) is 0 Å². The molecule has 1 fully saturated rings. The van der Waals surface area contributed by atoms with E-state index in [1.807, 2.05) is 29.9 Å². The Hall–Kier alpha value is -2.58. The molecule has 0 radical (unpaired) electrons. The first-order valence-electron chi connectivity index (χ1n) is 10.3. The molecule has 0 bridgehead atoms. The number of morpholine rings is 1. The van der Waals surface area contributed by atoms with Crippen molar-refractivity contribution >= 4 is 5.96 Å². The Balaban J connectivity index is 1.49. The molecule has 2 heterocycles. The minimum atomic E-state index is 0.585. The predicted octanol–water partition coefficient (Wildman–Crippen LogP) is 1.39. The molecule has 29 heavy (non-hydrogen) atoms. The van der Waals surface area contributed by atoms with Gasteiger partial charge in [0.2, 0.25) is 0 Å². The van der Waals surface area contributed by atoms with Gasteiger partial charge in [0.05, 0.1) is 32.0 Å². The summed E-state index contributed by atoms with van der Waals surface area (Å²) in [4.78, 5) is 7.06. The zero-order chi connectivity index (χ0) is 20.3. The molecule has 0 aliphatic carbocycles. The quantitative estimate of drug-likeness (QED) is 0.489. The number of hydrogen-bond acceptors (Lipinski definition) is 5. The van der Waals surface area contributed by atoms with Crippen molar-refractivity contribution in [3.8, 4) is 5.75 Å². The minimum absolute atomic E-state index is 0.585. The maximum atomic E-state index is 5.94. The Morgan fingerprint density at radius 3 is 2.86 bits per heavy atom. The monoisotopic (exact) mass is 400 g/mol. The lowest BCUT2D eigenvalue weighted by Gasteiger charge is -2.26. The van der Waals surface area contributed by atoms with Crippen molar-refractivity contribution in [2.75, 3.05) is 46.0 Å². The van der Waals surface area contributed by atoms with Crippen molar-refractivity contribution in [3.05, 3.63) is 47.8 Å². The number of aromatic nitrogens is 2. The molecule has 1 aliphatic heterocycles. The zero-order valence-corrected chi connectivity index (χ0v) is 17.4. The van der Waals surface area contributed by atoms with Crippen LogP contribution in [0.1, 0.15) is 18.2 Å². The molecule has 0 saturated carbocycles. The molecular weight excluding hydrogens is 368 g/mol. The van der Waals surface area contributed by atoms with E-state index in [9.17, 15) is 0 Å². The van der Waals surface area contributed by atoms with Crippen LogP contribution in [0.25, 0.3) is 0 Å². The first kappa shape index (κ1) is 21.1. The molecule has 3 rings (SSSR count). The Bertz CT molecular complexity index is 770. The Labute approximate surface area is 172 Å². The third-order valence-corrected chi connectivity index (χ3v) is 4.80. The van der Waals surface area contributed by atoms with Gasteiger partial charge in [0, 0.05) is 39.4 Å². The van der Waals surface area contributed by atoms with Gasteiger partial charge in [-0.1, -0.05) is 12.1 Å². The summed E-state index contributed by atoms with van der Waals surface area (Å²) in [6, 6.07) is 10.1. The van der Waals surface area contributed by atoms with Crippen molar-refractivity contribution in [1.82, 2.24) is 25.3 Å². The Morgan fingerprint density at radius 1 is 1.24 bits per heavy atom. The second kappa shape index (κ2) is 11.4. The van der Waals surface area contributed by atoms with Gasteiger partial charge in [-0.3, -0.25) is 9.58 Å². The maximum absolute atomic E-state index is 5.94. The van der Waals surface area contributed by atoms with Crippen LogP contribution in [0.3, 0.4) is 0 Å². The molecule has 0 spiro atoms. The fourth-order valence-electron chi connectivity index (χ4n) is 3.11. The zero-order valence-electron chi connectivity index (χ0n) is 17.4. The summed E-state index contributed by atoms with van der Waals surface area (Å²) >= 11 is 0. The molecule has 1 aromatic carbocycles. The number of guanidine groups is 1. The van der Waals surface area contributed by atoms with Gasteiger partial charge in [-0.2, -0.15) is 5.10 Å². The topological polar surface area (TPSA) is 75.9 Å². The molecule has 1 saturated heterocycles. The number of benzene rings is 1. The standard InChI is InChI=1S/C21H32N6O2/c1-3-22-21(24-17-19-7-8-25-26(19)2)23-16-18-5-4-6-20(15-18)29-14-11-27-9-12-28-13-10-27/h4-8,15H,3,9-14,16-17H2,1-2H3,(H2,22,23,24). The van der Waals surface area contributed by atoms with Crippen LogP contribution in [0, 0.1) is 0 Å². The lowest BCUT2D eigenvalue weighted by molar-refractivity contribution is 0.0322. The third-order valence-electron chi connectivity index (χ3n) is 4.80. The minimum Gasteiger partial charge on any atom is -0.492 e. The largest absolute Gasteiger partial charge is 0.492 e. The number of rotatable bonds is 9. The smallest absolute Gasteiger partial charge is 0.191 e. The van der Waals surface area contributed by atoms with Crippen molar-refractivity contribution in [2.24, 2.45) is 12.0 Å². The van der Waals surface area contributed by atoms with Gasteiger partial charge in [-0.25, -0.2) is 4.99 Å². The van der Waals surface area contributed by atoms with E-state index in [0.29, 0.717) is 19.7 Å². The molecule has 2 aromatic rings. The van der Waals surface area contributed by atoms with E-state index in [4.69, 9.17) is 14.5 Å². The first-order valence-corrected chi connectivity index (χ1v) is 10.3. The van der Waals surface area contributed by atoms with E-state index in [1.54, 1.807) is 6.20 Å². The molecular formula is C21H32N6O2. The van der Waals surface area contributed by atoms with Crippen LogP contribution in [0.4, 0.5) is 0 Å². The summed E-state index contributed by atoms with van der Waals surface area (Å²) in [5.74, 6) is 1.67. The van der Waals surface area contributed by atoms with Crippen LogP contribution in [0.15, 0.2) is 41.5 Å². The molecule has 8 nitrogen and oxygen atoms in total. The van der Waals surface area contributed by atoms with Crippen LogP contribution in [-0.2, 0) is 24.9 Å². The molecule has 1 aromatic heterocycles. The van der Waals surface area contributed by atoms with Gasteiger partial charge in [0.25, 0.3) is 0 Å². The number of ether oxygens (including phenoxy) is 2. The van der Waals surface area contributed by atoms with E-state index in [0.717, 1.165) is 62.4 Å². The predicted molar refractivity (Wildman–Crippen MR) is 114 cm³/mol. The Kier molecular flexibility index (Phi) is 8.33. The summed E-state index contributed by atoms with van der Waals surface area (Å²) < 4.78 is 13.2. The molecule has 1 aliphatic rings. The van der Waals surface area contributed by atoms with Gasteiger partial charge in [-0.05, 0) is 30.7 Å². The second-order valence-electron chi connectivity index (χ2n) is 6.94. The average molecular weight is 401 g/mol. The van der Waals surface area contributed by atoms with E-state index < -0.39 is 0 Å². The highest BCUT2D eigenvalue weighted by atomic mass is 16.5. The van der Waals surface area contributed by atoms with Gasteiger partial charge >= 0.3 is 0 Å². The molecule has 158 valence electrons. The Morgan fingerprint density at radius 2 is 2.10 bits per heavy atom. The summed E-state index contributed by atoms with van der Waals surface area (Å²) in [5, 5.41) is 10.8. The van der Waals surface area contributed by atoms with Crippen LogP contribution < -0.4 is 15.4 Å². The number of aliphatic imine (C=N–C) groups is 1. The fourth-order valence-corrected chi connectivity index (χ4v) is 3.11. The van der Waals surface area contributed by atoms with E-state index >= 15 is 0 Å². The number of aryl methyl sites for hydroxylation is 1. The molecule has 8 heteroatoms. The third kappa shape index (κ3) is 7.07. The normalized spacial score (nSPS) is 15.3. The second-order valence-corrected chi connectivity index (χ2v) is 6.94. The first-order chi connectivity index (χ1) is 14.2. The number of nitrogens with zero attached hydrogens (tertiary/aromatic N) is 4. The highest BCUT2D eigenvalue weighted by molar-refractivity contribution is 5.79. The van der Waals surface area contributed by atoms with Crippen molar-refractivity contribution in [2.45, 2.75) is 20.0 Å². The van der Waals surface area contributed by atoms with E-state index in [1.165, 1.54) is 0 Å². The van der Waals surface area contributed by atoms with Crippen LogP contribution in [-0.4, -0.2) is 66.6 Å².